The second kappa shape index (κ2) is 5.95. The summed E-state index contributed by atoms with van der Waals surface area (Å²) in [5.41, 5.74) is 3.16. The highest BCUT2D eigenvalue weighted by atomic mass is 19.4. The molecular weight excluding hydrogens is 300 g/mol. The number of rotatable bonds is 4. The molecule has 1 rings (SSSR count). The molecule has 1 aromatic carbocycles. The van der Waals surface area contributed by atoms with Gasteiger partial charge in [0.25, 0.3) is 0 Å². The molecule has 0 radical (unpaired) electrons. The smallest absolute Gasteiger partial charge is 0.370 e. The fraction of sp³-hybridized carbons (Fsp3) is 0.462. The maximum absolute atomic E-state index is 13.1. The van der Waals surface area contributed by atoms with Crippen LogP contribution in [0, 0.1) is 5.92 Å². The molecule has 0 saturated heterocycles. The van der Waals surface area contributed by atoms with Crippen molar-refractivity contribution in [1.29, 1.82) is 0 Å². The molecule has 0 aliphatic carbocycles. The molecule has 2 nitrogen and oxygen atoms in total. The van der Waals surface area contributed by atoms with E-state index in [0.717, 1.165) is 19.1 Å². The summed E-state index contributed by atoms with van der Waals surface area (Å²) in [4.78, 5) is 10.8. The monoisotopic (exact) mass is 313 g/mol. The van der Waals surface area contributed by atoms with E-state index in [0.29, 0.717) is 12.1 Å². The molecule has 0 bridgehead atoms. The SMILES string of the molecule is CC(CC(N)=O)C(c1cccc(C(F)(F)F)c1)C(F)(F)F. The first-order chi connectivity index (χ1) is 9.43. The number of hydrogen-bond donors (Lipinski definition) is 1. The molecule has 0 heterocycles. The molecule has 8 heteroatoms. The van der Waals surface area contributed by atoms with Gasteiger partial charge in [-0.1, -0.05) is 25.1 Å². The van der Waals surface area contributed by atoms with E-state index in [2.05, 4.69) is 0 Å². The highest BCUT2D eigenvalue weighted by Crippen LogP contribution is 2.42. The molecule has 1 amide bonds. The van der Waals surface area contributed by atoms with Crippen LogP contribution in [0.2, 0.25) is 0 Å². The van der Waals surface area contributed by atoms with Crippen molar-refractivity contribution in [2.24, 2.45) is 11.7 Å². The number of carbonyl (C=O) groups excluding carboxylic acids is 1. The molecule has 0 aliphatic rings. The summed E-state index contributed by atoms with van der Waals surface area (Å²) in [6.45, 7) is 1.13. The minimum Gasteiger partial charge on any atom is -0.370 e. The zero-order valence-corrected chi connectivity index (χ0v) is 10.9. The van der Waals surface area contributed by atoms with Gasteiger partial charge < -0.3 is 5.73 Å². The minimum absolute atomic E-state index is 0.454. The average molecular weight is 313 g/mol. The van der Waals surface area contributed by atoms with Crippen molar-refractivity contribution >= 4 is 5.91 Å². The quantitative estimate of drug-likeness (QED) is 0.843. The van der Waals surface area contributed by atoms with E-state index in [-0.39, 0.29) is 0 Å². The van der Waals surface area contributed by atoms with E-state index in [1.54, 1.807) is 0 Å². The number of amides is 1. The highest BCUT2D eigenvalue weighted by molar-refractivity contribution is 5.74. The Bertz CT molecular complexity index is 508. The van der Waals surface area contributed by atoms with Crippen LogP contribution in [0.3, 0.4) is 0 Å². The third-order valence-corrected chi connectivity index (χ3v) is 3.02. The van der Waals surface area contributed by atoms with Crippen molar-refractivity contribution in [3.05, 3.63) is 35.4 Å². The summed E-state index contributed by atoms with van der Waals surface area (Å²) in [6, 6.07) is 3.02. The van der Waals surface area contributed by atoms with Gasteiger partial charge in [0, 0.05) is 6.42 Å². The number of carbonyl (C=O) groups is 1. The lowest BCUT2D eigenvalue weighted by Crippen LogP contribution is -2.30. The molecule has 1 aromatic rings. The molecular formula is C13H13F6NO. The van der Waals surface area contributed by atoms with Crippen LogP contribution in [0.25, 0.3) is 0 Å². The second-order valence-electron chi connectivity index (χ2n) is 4.79. The van der Waals surface area contributed by atoms with E-state index < -0.39 is 47.6 Å². The zero-order valence-electron chi connectivity index (χ0n) is 10.9. The predicted octanol–water partition coefficient (Wildman–Crippen LogP) is 3.86. The van der Waals surface area contributed by atoms with Gasteiger partial charge >= 0.3 is 12.4 Å². The van der Waals surface area contributed by atoms with Gasteiger partial charge in [-0.05, 0) is 17.5 Å². The lowest BCUT2D eigenvalue weighted by molar-refractivity contribution is -0.162. The lowest BCUT2D eigenvalue weighted by atomic mass is 9.84. The van der Waals surface area contributed by atoms with Crippen molar-refractivity contribution in [2.75, 3.05) is 0 Å². The lowest BCUT2D eigenvalue weighted by Gasteiger charge is -2.26. The van der Waals surface area contributed by atoms with E-state index >= 15 is 0 Å². The number of primary amides is 1. The molecule has 118 valence electrons. The largest absolute Gasteiger partial charge is 0.416 e. The molecule has 0 fully saturated rings. The van der Waals surface area contributed by atoms with Crippen molar-refractivity contribution in [3.63, 3.8) is 0 Å². The first-order valence-corrected chi connectivity index (χ1v) is 5.95. The van der Waals surface area contributed by atoms with E-state index in [4.69, 9.17) is 5.73 Å². The predicted molar refractivity (Wildman–Crippen MR) is 63.2 cm³/mol. The highest BCUT2D eigenvalue weighted by Gasteiger charge is 2.45. The van der Waals surface area contributed by atoms with Gasteiger partial charge in [-0.15, -0.1) is 0 Å². The summed E-state index contributed by atoms with van der Waals surface area (Å²) in [6.07, 6.45) is -10.1. The normalized spacial score (nSPS) is 15.6. The van der Waals surface area contributed by atoms with Crippen LogP contribution in [-0.4, -0.2) is 12.1 Å². The van der Waals surface area contributed by atoms with Gasteiger partial charge in [-0.3, -0.25) is 4.79 Å². The van der Waals surface area contributed by atoms with Gasteiger partial charge in [-0.25, -0.2) is 0 Å². The maximum Gasteiger partial charge on any atom is 0.416 e. The summed E-state index contributed by atoms with van der Waals surface area (Å²) in [7, 11) is 0. The molecule has 2 atom stereocenters. The summed E-state index contributed by atoms with van der Waals surface area (Å²) < 4.78 is 77.1. The third-order valence-electron chi connectivity index (χ3n) is 3.02. The number of alkyl halides is 6. The van der Waals surface area contributed by atoms with Crippen LogP contribution >= 0.6 is 0 Å². The van der Waals surface area contributed by atoms with Crippen LogP contribution in [0.5, 0.6) is 0 Å². The van der Waals surface area contributed by atoms with Crippen LogP contribution < -0.4 is 5.73 Å². The first kappa shape index (κ1) is 17.3. The van der Waals surface area contributed by atoms with E-state index in [1.165, 1.54) is 0 Å². The Labute approximate surface area is 116 Å². The Morgan fingerprint density at radius 1 is 1.19 bits per heavy atom. The molecule has 2 unspecified atom stereocenters. The van der Waals surface area contributed by atoms with Crippen LogP contribution in [0.4, 0.5) is 26.3 Å². The van der Waals surface area contributed by atoms with Gasteiger partial charge in [0.05, 0.1) is 11.5 Å². The maximum atomic E-state index is 13.1. The molecule has 21 heavy (non-hydrogen) atoms. The van der Waals surface area contributed by atoms with Gasteiger partial charge in [0.15, 0.2) is 0 Å². The van der Waals surface area contributed by atoms with Gasteiger partial charge in [0.2, 0.25) is 5.91 Å². The topological polar surface area (TPSA) is 43.1 Å². The Hall–Kier alpha value is -1.73. The Morgan fingerprint density at radius 2 is 1.76 bits per heavy atom. The van der Waals surface area contributed by atoms with Crippen LogP contribution in [0.15, 0.2) is 24.3 Å². The standard InChI is InChI=1S/C13H13F6NO/c1-7(5-10(20)21)11(13(17,18)19)8-3-2-4-9(6-8)12(14,15)16/h2-4,6-7,11H,5H2,1H3,(H2,20,21). The number of benzene rings is 1. The van der Waals surface area contributed by atoms with E-state index in [9.17, 15) is 31.1 Å². The fourth-order valence-electron chi connectivity index (χ4n) is 2.18. The van der Waals surface area contributed by atoms with Crippen molar-refractivity contribution in [3.8, 4) is 0 Å². The minimum atomic E-state index is -4.78. The van der Waals surface area contributed by atoms with Crippen molar-refractivity contribution < 1.29 is 31.1 Å². The van der Waals surface area contributed by atoms with E-state index in [1.807, 2.05) is 0 Å². The number of halogens is 6. The fourth-order valence-corrected chi connectivity index (χ4v) is 2.18. The number of hydrogen-bond acceptors (Lipinski definition) is 1. The second-order valence-corrected chi connectivity index (χ2v) is 4.79. The molecule has 0 aromatic heterocycles. The van der Waals surface area contributed by atoms with Gasteiger partial charge in [0.1, 0.15) is 0 Å². The van der Waals surface area contributed by atoms with Crippen molar-refractivity contribution in [1.82, 2.24) is 0 Å². The Kier molecular flexibility index (Phi) is 4.91. The zero-order chi connectivity index (χ0) is 16.4. The summed E-state index contributed by atoms with van der Waals surface area (Å²) in [5, 5.41) is 0. The Balaban J connectivity index is 3.25. The third kappa shape index (κ3) is 4.64. The molecule has 0 spiro atoms. The first-order valence-electron chi connectivity index (χ1n) is 5.95. The Morgan fingerprint density at radius 3 is 2.19 bits per heavy atom. The molecule has 0 saturated carbocycles. The van der Waals surface area contributed by atoms with Crippen LogP contribution in [-0.2, 0) is 11.0 Å². The number of nitrogens with two attached hydrogens (primary N) is 1. The van der Waals surface area contributed by atoms with Crippen molar-refractivity contribution in [2.45, 2.75) is 31.6 Å². The molecule has 2 N–H and O–H groups in total. The van der Waals surface area contributed by atoms with Gasteiger partial charge in [-0.2, -0.15) is 26.3 Å². The average Bonchev–Trinajstić information content (AvgIpc) is 2.25. The summed E-state index contributed by atoms with van der Waals surface area (Å²) >= 11 is 0. The summed E-state index contributed by atoms with van der Waals surface area (Å²) in [5.74, 6) is -4.39. The molecule has 0 aliphatic heterocycles. The van der Waals surface area contributed by atoms with Crippen LogP contribution in [0.1, 0.15) is 30.4 Å².